The number of aliphatic carboxylic acids is 1. The van der Waals surface area contributed by atoms with E-state index in [4.69, 9.17) is 10.2 Å². The maximum absolute atomic E-state index is 13.3. The topological polar surface area (TPSA) is 94.9 Å². The summed E-state index contributed by atoms with van der Waals surface area (Å²) >= 11 is 3.02. The molecule has 0 aromatic heterocycles. The first-order valence-corrected chi connectivity index (χ1v) is 6.36. The van der Waals surface area contributed by atoms with Gasteiger partial charge in [-0.15, -0.1) is 0 Å². The van der Waals surface area contributed by atoms with Crippen molar-refractivity contribution in [3.63, 3.8) is 0 Å². The number of carboxylic acid groups (broad SMARTS) is 2. The summed E-state index contributed by atoms with van der Waals surface area (Å²) in [5.41, 5.74) is -0.413. The minimum Gasteiger partial charge on any atom is -0.481 e. The SMILES string of the molecule is O=C(O)c1cc(F)cc(Br)c1N1CC(C(=O)O)CC1=O. The van der Waals surface area contributed by atoms with Gasteiger partial charge < -0.3 is 15.1 Å². The Morgan fingerprint density at radius 3 is 2.50 bits per heavy atom. The molecule has 1 aromatic carbocycles. The number of benzene rings is 1. The number of carbonyl (C=O) groups excluding carboxylic acids is 1. The van der Waals surface area contributed by atoms with Gasteiger partial charge in [0.05, 0.1) is 17.2 Å². The molecule has 0 aliphatic carbocycles. The minimum atomic E-state index is -1.40. The molecule has 1 fully saturated rings. The van der Waals surface area contributed by atoms with E-state index >= 15 is 0 Å². The van der Waals surface area contributed by atoms with Crippen LogP contribution in [0.2, 0.25) is 0 Å². The van der Waals surface area contributed by atoms with Crippen molar-refractivity contribution < 1.29 is 29.0 Å². The molecule has 1 atom stereocenters. The van der Waals surface area contributed by atoms with Crippen LogP contribution in [0, 0.1) is 11.7 Å². The Morgan fingerprint density at radius 2 is 2.00 bits per heavy atom. The molecule has 0 saturated carbocycles. The zero-order valence-electron chi connectivity index (χ0n) is 9.97. The van der Waals surface area contributed by atoms with E-state index in [0.29, 0.717) is 0 Å². The van der Waals surface area contributed by atoms with Gasteiger partial charge in [-0.1, -0.05) is 0 Å². The Morgan fingerprint density at radius 1 is 1.35 bits per heavy atom. The minimum absolute atomic E-state index is 0.0207. The fourth-order valence-electron chi connectivity index (χ4n) is 2.09. The van der Waals surface area contributed by atoms with E-state index in [-0.39, 0.29) is 23.1 Å². The summed E-state index contributed by atoms with van der Waals surface area (Å²) in [6.45, 7) is -0.140. The Labute approximate surface area is 120 Å². The molecule has 0 radical (unpaired) electrons. The van der Waals surface area contributed by atoms with Gasteiger partial charge >= 0.3 is 11.9 Å². The average molecular weight is 346 g/mol. The first kappa shape index (κ1) is 14.4. The van der Waals surface area contributed by atoms with Gasteiger partial charge in [-0.05, 0) is 28.1 Å². The van der Waals surface area contributed by atoms with Gasteiger partial charge in [-0.25, -0.2) is 9.18 Å². The molecule has 0 spiro atoms. The first-order chi connectivity index (χ1) is 9.31. The molecule has 6 nitrogen and oxygen atoms in total. The highest BCUT2D eigenvalue weighted by Gasteiger charge is 2.37. The van der Waals surface area contributed by atoms with Crippen LogP contribution in [0.25, 0.3) is 0 Å². The van der Waals surface area contributed by atoms with Gasteiger partial charge in [0.25, 0.3) is 0 Å². The summed E-state index contributed by atoms with van der Waals surface area (Å²) in [5.74, 6) is -4.70. The Kier molecular flexibility index (Phi) is 3.76. The summed E-state index contributed by atoms with van der Waals surface area (Å²) in [5, 5.41) is 18.0. The molecule has 1 amide bonds. The highest BCUT2D eigenvalue weighted by Crippen LogP contribution is 2.35. The lowest BCUT2D eigenvalue weighted by Gasteiger charge is -2.20. The second-order valence-electron chi connectivity index (χ2n) is 4.33. The molecule has 1 unspecified atom stereocenters. The lowest BCUT2D eigenvalue weighted by molar-refractivity contribution is -0.141. The van der Waals surface area contributed by atoms with Gasteiger partial charge in [0.1, 0.15) is 5.82 Å². The lowest BCUT2D eigenvalue weighted by atomic mass is 10.1. The summed E-state index contributed by atoms with van der Waals surface area (Å²) in [6.07, 6.45) is -0.210. The fraction of sp³-hybridized carbons (Fsp3) is 0.250. The lowest BCUT2D eigenvalue weighted by Crippen LogP contribution is -2.28. The molecule has 1 heterocycles. The average Bonchev–Trinajstić information content (AvgIpc) is 2.70. The van der Waals surface area contributed by atoms with Crippen molar-refractivity contribution >= 4 is 39.5 Å². The predicted molar refractivity (Wildman–Crippen MR) is 69.2 cm³/mol. The molecule has 2 rings (SSSR count). The summed E-state index contributed by atoms with van der Waals surface area (Å²) in [4.78, 5) is 35.0. The van der Waals surface area contributed by atoms with Crippen LogP contribution in [-0.4, -0.2) is 34.6 Å². The zero-order valence-corrected chi connectivity index (χ0v) is 11.6. The smallest absolute Gasteiger partial charge is 0.337 e. The highest BCUT2D eigenvalue weighted by atomic mass is 79.9. The van der Waals surface area contributed by atoms with Crippen molar-refractivity contribution in [3.05, 3.63) is 28.0 Å². The number of carboxylic acids is 2. The van der Waals surface area contributed by atoms with Crippen LogP contribution in [-0.2, 0) is 9.59 Å². The van der Waals surface area contributed by atoms with E-state index in [1.807, 2.05) is 0 Å². The van der Waals surface area contributed by atoms with Crippen LogP contribution >= 0.6 is 15.9 Å². The third kappa shape index (κ3) is 2.51. The first-order valence-electron chi connectivity index (χ1n) is 5.56. The second kappa shape index (κ2) is 5.20. The quantitative estimate of drug-likeness (QED) is 0.869. The Balaban J connectivity index is 2.50. The summed E-state index contributed by atoms with van der Waals surface area (Å²) in [6, 6.07) is 1.83. The van der Waals surface area contributed by atoms with Crippen molar-refractivity contribution in [2.24, 2.45) is 5.92 Å². The molecule has 106 valence electrons. The summed E-state index contributed by atoms with van der Waals surface area (Å²) in [7, 11) is 0. The number of amides is 1. The van der Waals surface area contributed by atoms with Gasteiger partial charge in [0.2, 0.25) is 5.91 Å². The van der Waals surface area contributed by atoms with Crippen LogP contribution in [0.3, 0.4) is 0 Å². The standard InChI is InChI=1S/C12H9BrFNO5/c13-8-3-6(14)2-7(12(19)20)10(8)15-4-5(11(17)18)1-9(15)16/h2-3,5H,1,4H2,(H,17,18)(H,19,20). The summed E-state index contributed by atoms with van der Waals surface area (Å²) < 4.78 is 13.4. The third-order valence-corrected chi connectivity index (χ3v) is 3.61. The van der Waals surface area contributed by atoms with Crippen molar-refractivity contribution in [3.8, 4) is 0 Å². The maximum atomic E-state index is 13.3. The van der Waals surface area contributed by atoms with Gasteiger partial charge in [-0.3, -0.25) is 9.59 Å². The Bertz CT molecular complexity index is 618. The number of carbonyl (C=O) groups is 3. The van der Waals surface area contributed by atoms with E-state index in [9.17, 15) is 18.8 Å². The van der Waals surface area contributed by atoms with E-state index in [1.54, 1.807) is 0 Å². The monoisotopic (exact) mass is 345 g/mol. The zero-order chi connectivity index (χ0) is 15.0. The molecular weight excluding hydrogens is 337 g/mol. The number of anilines is 1. The van der Waals surface area contributed by atoms with E-state index in [1.165, 1.54) is 0 Å². The van der Waals surface area contributed by atoms with Crippen LogP contribution in [0.1, 0.15) is 16.8 Å². The molecule has 20 heavy (non-hydrogen) atoms. The number of hydrogen-bond donors (Lipinski definition) is 2. The van der Waals surface area contributed by atoms with Crippen molar-refractivity contribution in [1.29, 1.82) is 0 Å². The normalized spacial score (nSPS) is 18.4. The molecule has 1 aliphatic rings. The highest BCUT2D eigenvalue weighted by molar-refractivity contribution is 9.10. The number of halogens is 2. The number of nitrogens with zero attached hydrogens (tertiary/aromatic N) is 1. The fourth-order valence-corrected chi connectivity index (χ4v) is 2.74. The van der Waals surface area contributed by atoms with Crippen molar-refractivity contribution in [2.45, 2.75) is 6.42 Å². The number of aromatic carboxylic acids is 1. The predicted octanol–water partition coefficient (Wildman–Crippen LogP) is 1.72. The molecule has 1 saturated heterocycles. The van der Waals surface area contributed by atoms with E-state index < -0.39 is 35.1 Å². The van der Waals surface area contributed by atoms with Crippen molar-refractivity contribution in [2.75, 3.05) is 11.4 Å². The number of rotatable bonds is 3. The largest absolute Gasteiger partial charge is 0.481 e. The van der Waals surface area contributed by atoms with Crippen LogP contribution in [0.4, 0.5) is 10.1 Å². The van der Waals surface area contributed by atoms with E-state index in [0.717, 1.165) is 17.0 Å². The van der Waals surface area contributed by atoms with Crippen LogP contribution in [0.5, 0.6) is 0 Å². The maximum Gasteiger partial charge on any atom is 0.337 e. The van der Waals surface area contributed by atoms with Crippen LogP contribution in [0.15, 0.2) is 16.6 Å². The second-order valence-corrected chi connectivity index (χ2v) is 5.19. The molecular formula is C12H9BrFNO5. The van der Waals surface area contributed by atoms with Crippen LogP contribution < -0.4 is 4.90 Å². The van der Waals surface area contributed by atoms with Gasteiger partial charge in [-0.2, -0.15) is 0 Å². The Hall–Kier alpha value is -1.96. The molecule has 1 aliphatic heterocycles. The third-order valence-electron chi connectivity index (χ3n) is 3.00. The van der Waals surface area contributed by atoms with E-state index in [2.05, 4.69) is 15.9 Å². The molecule has 8 heteroatoms. The van der Waals surface area contributed by atoms with Crippen molar-refractivity contribution in [1.82, 2.24) is 0 Å². The molecule has 1 aromatic rings. The molecule has 0 bridgehead atoms. The number of hydrogen-bond acceptors (Lipinski definition) is 3. The van der Waals surface area contributed by atoms with Gasteiger partial charge in [0.15, 0.2) is 0 Å². The van der Waals surface area contributed by atoms with Gasteiger partial charge in [0, 0.05) is 17.4 Å². The molecule has 2 N–H and O–H groups in total.